The molecule has 2 aromatic heterocycles. The number of hydrogen-bond donors (Lipinski definition) is 3. The summed E-state index contributed by atoms with van der Waals surface area (Å²) in [6.45, 7) is 2.07. The summed E-state index contributed by atoms with van der Waals surface area (Å²) in [4.78, 5) is 9.90. The SMILES string of the molecule is CC(NC(=S)NNc1ncnc2cc(-c3ccccc3)sc12)c1ccccc1. The molecule has 2 heterocycles. The summed E-state index contributed by atoms with van der Waals surface area (Å²) in [7, 11) is 0. The van der Waals surface area contributed by atoms with Crippen LogP contribution in [0.4, 0.5) is 5.82 Å². The van der Waals surface area contributed by atoms with Crippen molar-refractivity contribution in [1.29, 1.82) is 0 Å². The van der Waals surface area contributed by atoms with E-state index in [2.05, 4.69) is 63.4 Å². The van der Waals surface area contributed by atoms with Crippen LogP contribution < -0.4 is 16.2 Å². The number of fused-ring (bicyclic) bond motifs is 1. The van der Waals surface area contributed by atoms with Gasteiger partial charge in [0.2, 0.25) is 0 Å². The lowest BCUT2D eigenvalue weighted by Gasteiger charge is -2.18. The minimum atomic E-state index is 0.0971. The maximum Gasteiger partial charge on any atom is 0.185 e. The van der Waals surface area contributed by atoms with Crippen LogP contribution in [0.15, 0.2) is 73.1 Å². The van der Waals surface area contributed by atoms with Gasteiger partial charge in [0.15, 0.2) is 10.9 Å². The van der Waals surface area contributed by atoms with Gasteiger partial charge in [-0.05, 0) is 36.3 Å². The molecule has 140 valence electrons. The van der Waals surface area contributed by atoms with Crippen LogP contribution in [0.5, 0.6) is 0 Å². The van der Waals surface area contributed by atoms with Gasteiger partial charge in [-0.3, -0.25) is 10.9 Å². The molecule has 0 saturated heterocycles. The Morgan fingerprint density at radius 3 is 2.46 bits per heavy atom. The van der Waals surface area contributed by atoms with E-state index in [4.69, 9.17) is 12.2 Å². The molecule has 1 atom stereocenters. The number of hydrazine groups is 1. The monoisotopic (exact) mass is 405 g/mol. The fourth-order valence-corrected chi connectivity index (χ4v) is 4.15. The van der Waals surface area contributed by atoms with E-state index < -0.39 is 0 Å². The van der Waals surface area contributed by atoms with Crippen LogP contribution in [-0.4, -0.2) is 15.1 Å². The van der Waals surface area contributed by atoms with Crippen molar-refractivity contribution in [2.24, 2.45) is 0 Å². The molecule has 0 aliphatic carbocycles. The van der Waals surface area contributed by atoms with Crippen molar-refractivity contribution < 1.29 is 0 Å². The molecular weight excluding hydrogens is 386 g/mol. The summed E-state index contributed by atoms with van der Waals surface area (Å²) < 4.78 is 0.979. The van der Waals surface area contributed by atoms with Crippen LogP contribution in [0, 0.1) is 0 Å². The quantitative estimate of drug-likeness (QED) is 0.324. The average Bonchev–Trinajstić information content (AvgIpc) is 3.18. The van der Waals surface area contributed by atoms with Crippen molar-refractivity contribution in [3.63, 3.8) is 0 Å². The van der Waals surface area contributed by atoms with Crippen LogP contribution >= 0.6 is 23.6 Å². The van der Waals surface area contributed by atoms with Crippen molar-refractivity contribution in [1.82, 2.24) is 20.7 Å². The smallest absolute Gasteiger partial charge is 0.185 e. The number of nitrogens with one attached hydrogen (secondary N) is 3. The zero-order valence-corrected chi connectivity index (χ0v) is 16.8. The standard InChI is InChI=1S/C21H19N5S2/c1-14(15-8-4-2-5-9-15)24-21(27)26-25-20-19-17(22-13-23-20)12-18(28-19)16-10-6-3-7-11-16/h2-14H,1H3,(H,22,23,25)(H2,24,26,27). The molecule has 3 N–H and O–H groups in total. The zero-order chi connectivity index (χ0) is 19.3. The first-order valence-electron chi connectivity index (χ1n) is 8.88. The van der Waals surface area contributed by atoms with Crippen molar-refractivity contribution in [3.05, 3.63) is 78.6 Å². The Morgan fingerprint density at radius 2 is 1.71 bits per heavy atom. The third-order valence-electron chi connectivity index (χ3n) is 4.31. The van der Waals surface area contributed by atoms with Crippen LogP contribution in [0.3, 0.4) is 0 Å². The van der Waals surface area contributed by atoms with Crippen LogP contribution in [0.2, 0.25) is 0 Å². The van der Waals surface area contributed by atoms with Gasteiger partial charge in [0.25, 0.3) is 0 Å². The highest BCUT2D eigenvalue weighted by Gasteiger charge is 2.11. The Balaban J connectivity index is 1.46. The van der Waals surface area contributed by atoms with Gasteiger partial charge >= 0.3 is 0 Å². The summed E-state index contributed by atoms with van der Waals surface area (Å²) in [5.41, 5.74) is 9.38. The Bertz CT molecular complexity index is 1080. The Labute approximate surface area is 172 Å². The summed E-state index contributed by atoms with van der Waals surface area (Å²) in [6, 6.07) is 22.6. The van der Waals surface area contributed by atoms with Gasteiger partial charge in [-0.15, -0.1) is 11.3 Å². The lowest BCUT2D eigenvalue weighted by Crippen LogP contribution is -2.40. The molecular formula is C21H19N5S2. The maximum absolute atomic E-state index is 5.41. The van der Waals surface area contributed by atoms with Crippen LogP contribution in [0.25, 0.3) is 20.7 Å². The fourth-order valence-electron chi connectivity index (χ4n) is 2.86. The number of nitrogens with zero attached hydrogens (tertiary/aromatic N) is 2. The first-order valence-corrected chi connectivity index (χ1v) is 10.1. The largest absolute Gasteiger partial charge is 0.355 e. The number of thiophene rings is 1. The van der Waals surface area contributed by atoms with Crippen molar-refractivity contribution >= 4 is 44.7 Å². The summed E-state index contributed by atoms with van der Waals surface area (Å²) in [5.74, 6) is 0.702. The Kier molecular flexibility index (Phi) is 5.45. The minimum absolute atomic E-state index is 0.0971. The highest BCUT2D eigenvalue weighted by molar-refractivity contribution is 7.80. The second-order valence-corrected chi connectivity index (χ2v) is 7.73. The van der Waals surface area contributed by atoms with Gasteiger partial charge in [-0.25, -0.2) is 9.97 Å². The number of benzene rings is 2. The molecule has 0 saturated carbocycles. The Morgan fingerprint density at radius 1 is 1.00 bits per heavy atom. The molecule has 2 aromatic carbocycles. The zero-order valence-electron chi connectivity index (χ0n) is 15.2. The molecule has 0 bridgehead atoms. The van der Waals surface area contributed by atoms with Crippen LogP contribution in [0.1, 0.15) is 18.5 Å². The maximum atomic E-state index is 5.41. The Hall–Kier alpha value is -3.03. The van der Waals surface area contributed by atoms with Gasteiger partial charge < -0.3 is 5.32 Å². The van der Waals surface area contributed by atoms with Crippen molar-refractivity contribution in [2.75, 3.05) is 5.43 Å². The van der Waals surface area contributed by atoms with E-state index in [1.165, 1.54) is 11.1 Å². The van der Waals surface area contributed by atoms with Gasteiger partial charge in [0, 0.05) is 4.88 Å². The van der Waals surface area contributed by atoms with Crippen molar-refractivity contribution in [3.8, 4) is 10.4 Å². The average molecular weight is 406 g/mol. The van der Waals surface area contributed by atoms with E-state index in [0.717, 1.165) is 15.1 Å². The number of aromatic nitrogens is 2. The van der Waals surface area contributed by atoms with E-state index >= 15 is 0 Å². The van der Waals surface area contributed by atoms with E-state index in [0.29, 0.717) is 10.9 Å². The third-order valence-corrected chi connectivity index (χ3v) is 5.71. The predicted molar refractivity (Wildman–Crippen MR) is 120 cm³/mol. The second-order valence-electron chi connectivity index (χ2n) is 6.27. The minimum Gasteiger partial charge on any atom is -0.355 e. The van der Waals surface area contributed by atoms with Gasteiger partial charge in [-0.1, -0.05) is 60.7 Å². The second kappa shape index (κ2) is 8.33. The molecule has 0 radical (unpaired) electrons. The number of rotatable bonds is 5. The van der Waals surface area contributed by atoms with E-state index in [1.807, 2.05) is 36.4 Å². The molecule has 0 aliphatic heterocycles. The molecule has 0 spiro atoms. The molecule has 4 rings (SSSR count). The molecule has 4 aromatic rings. The van der Waals surface area contributed by atoms with E-state index in [1.54, 1.807) is 17.7 Å². The highest BCUT2D eigenvalue weighted by atomic mass is 32.1. The fraction of sp³-hybridized carbons (Fsp3) is 0.0952. The molecule has 28 heavy (non-hydrogen) atoms. The summed E-state index contributed by atoms with van der Waals surface area (Å²) in [6.07, 6.45) is 1.55. The first-order chi connectivity index (χ1) is 13.7. The highest BCUT2D eigenvalue weighted by Crippen LogP contribution is 2.35. The number of thiocarbonyl (C=S) groups is 1. The van der Waals surface area contributed by atoms with Gasteiger partial charge in [0.05, 0.1) is 16.3 Å². The number of hydrogen-bond acceptors (Lipinski definition) is 5. The van der Waals surface area contributed by atoms with E-state index in [9.17, 15) is 0 Å². The van der Waals surface area contributed by atoms with E-state index in [-0.39, 0.29) is 6.04 Å². The van der Waals surface area contributed by atoms with Gasteiger partial charge in [-0.2, -0.15) is 0 Å². The molecule has 1 unspecified atom stereocenters. The topological polar surface area (TPSA) is 61.9 Å². The van der Waals surface area contributed by atoms with Gasteiger partial charge in [0.1, 0.15) is 6.33 Å². The molecule has 0 aliphatic rings. The number of anilines is 1. The molecule has 0 fully saturated rings. The normalized spacial score (nSPS) is 11.8. The van der Waals surface area contributed by atoms with Crippen LogP contribution in [-0.2, 0) is 0 Å². The molecule has 0 amide bonds. The molecule has 7 heteroatoms. The lowest BCUT2D eigenvalue weighted by molar-refractivity contribution is 0.708. The lowest BCUT2D eigenvalue weighted by atomic mass is 10.1. The predicted octanol–water partition coefficient (Wildman–Crippen LogP) is 4.91. The summed E-state index contributed by atoms with van der Waals surface area (Å²) >= 11 is 7.06. The first kappa shape index (κ1) is 18.3. The third kappa shape index (κ3) is 4.11. The summed E-state index contributed by atoms with van der Waals surface area (Å²) in [5, 5.41) is 3.77. The van der Waals surface area contributed by atoms with Crippen molar-refractivity contribution in [2.45, 2.75) is 13.0 Å². The molecule has 5 nitrogen and oxygen atoms in total.